The molecule has 4 nitrogen and oxygen atoms in total. The summed E-state index contributed by atoms with van der Waals surface area (Å²) >= 11 is 0. The van der Waals surface area contributed by atoms with E-state index in [2.05, 4.69) is 4.74 Å². The van der Waals surface area contributed by atoms with Crippen molar-refractivity contribution >= 4 is 11.9 Å². The summed E-state index contributed by atoms with van der Waals surface area (Å²) in [5.41, 5.74) is 0. The highest BCUT2D eigenvalue weighted by molar-refractivity contribution is 6.32. The highest BCUT2D eigenvalue weighted by Gasteiger charge is 2.31. The van der Waals surface area contributed by atoms with Gasteiger partial charge in [-0.2, -0.15) is 0 Å². The van der Waals surface area contributed by atoms with E-state index in [4.69, 9.17) is 0 Å². The Kier molecular flexibility index (Phi) is 3.92. The van der Waals surface area contributed by atoms with Crippen molar-refractivity contribution in [1.29, 1.82) is 0 Å². The zero-order valence-electron chi connectivity index (χ0n) is 8.78. The van der Waals surface area contributed by atoms with E-state index in [1.807, 2.05) is 6.92 Å². The summed E-state index contributed by atoms with van der Waals surface area (Å²) in [6.45, 7) is 4.68. The first kappa shape index (κ1) is 11.0. The van der Waals surface area contributed by atoms with Gasteiger partial charge in [0.15, 0.2) is 0 Å². The van der Waals surface area contributed by atoms with Gasteiger partial charge in [0.25, 0.3) is 0 Å². The predicted molar refractivity (Wildman–Crippen MR) is 51.7 cm³/mol. The monoisotopic (exact) mass is 199 g/mol. The SMILES string of the molecule is CCOC(=O)C(=O)N1CCCC1CC. The average Bonchev–Trinajstić information content (AvgIpc) is 2.64. The summed E-state index contributed by atoms with van der Waals surface area (Å²) in [5.74, 6) is -1.19. The topological polar surface area (TPSA) is 46.6 Å². The zero-order chi connectivity index (χ0) is 10.6. The largest absolute Gasteiger partial charge is 0.459 e. The molecule has 14 heavy (non-hydrogen) atoms. The molecule has 1 atom stereocenters. The minimum absolute atomic E-state index is 0.229. The van der Waals surface area contributed by atoms with Gasteiger partial charge in [-0.1, -0.05) is 6.92 Å². The quantitative estimate of drug-likeness (QED) is 0.491. The number of nitrogens with zero attached hydrogens (tertiary/aromatic N) is 1. The maximum Gasteiger partial charge on any atom is 0.397 e. The fourth-order valence-corrected chi connectivity index (χ4v) is 1.84. The van der Waals surface area contributed by atoms with Crippen LogP contribution in [0.3, 0.4) is 0 Å². The summed E-state index contributed by atoms with van der Waals surface area (Å²) < 4.78 is 4.68. The van der Waals surface area contributed by atoms with Crippen LogP contribution in [0.1, 0.15) is 33.1 Å². The fraction of sp³-hybridized carbons (Fsp3) is 0.800. The molecule has 0 radical (unpaired) electrons. The van der Waals surface area contributed by atoms with Crippen LogP contribution in [0.25, 0.3) is 0 Å². The fourth-order valence-electron chi connectivity index (χ4n) is 1.84. The van der Waals surface area contributed by atoms with E-state index >= 15 is 0 Å². The standard InChI is InChI=1S/C10H17NO3/c1-3-8-6-5-7-11(8)9(12)10(13)14-4-2/h8H,3-7H2,1-2H3. The highest BCUT2D eigenvalue weighted by atomic mass is 16.5. The molecule has 1 amide bonds. The van der Waals surface area contributed by atoms with Crippen molar-refractivity contribution in [3.05, 3.63) is 0 Å². The highest BCUT2D eigenvalue weighted by Crippen LogP contribution is 2.19. The third-order valence-corrected chi connectivity index (χ3v) is 2.56. The normalized spacial score (nSPS) is 21.0. The summed E-state index contributed by atoms with van der Waals surface area (Å²) in [6, 6.07) is 0.229. The van der Waals surface area contributed by atoms with Gasteiger partial charge in [-0.05, 0) is 26.2 Å². The maximum atomic E-state index is 11.6. The summed E-state index contributed by atoms with van der Waals surface area (Å²) in [6.07, 6.45) is 2.90. The van der Waals surface area contributed by atoms with Crippen molar-refractivity contribution in [1.82, 2.24) is 4.90 Å². The molecule has 0 aliphatic carbocycles. The Morgan fingerprint density at radius 2 is 2.14 bits per heavy atom. The minimum Gasteiger partial charge on any atom is -0.459 e. The van der Waals surface area contributed by atoms with Crippen LogP contribution in [0.4, 0.5) is 0 Å². The summed E-state index contributed by atoms with van der Waals surface area (Å²) in [4.78, 5) is 24.4. The molecule has 80 valence electrons. The number of likely N-dealkylation sites (tertiary alicyclic amines) is 1. The second-order valence-electron chi connectivity index (χ2n) is 3.42. The zero-order valence-corrected chi connectivity index (χ0v) is 8.78. The van der Waals surface area contributed by atoms with Gasteiger partial charge in [-0.25, -0.2) is 4.79 Å². The van der Waals surface area contributed by atoms with Crippen molar-refractivity contribution in [2.45, 2.75) is 39.2 Å². The van der Waals surface area contributed by atoms with E-state index < -0.39 is 11.9 Å². The Morgan fingerprint density at radius 3 is 2.71 bits per heavy atom. The lowest BCUT2D eigenvalue weighted by atomic mass is 10.2. The van der Waals surface area contributed by atoms with Gasteiger partial charge in [-0.3, -0.25) is 4.79 Å². The lowest BCUT2D eigenvalue weighted by Crippen LogP contribution is -2.40. The third kappa shape index (κ3) is 2.25. The maximum absolute atomic E-state index is 11.6. The lowest BCUT2D eigenvalue weighted by molar-refractivity contribution is -0.160. The molecule has 1 aliphatic rings. The molecular formula is C10H17NO3. The Hall–Kier alpha value is -1.06. The lowest BCUT2D eigenvalue weighted by Gasteiger charge is -2.22. The average molecular weight is 199 g/mol. The van der Waals surface area contributed by atoms with Gasteiger partial charge < -0.3 is 9.64 Å². The van der Waals surface area contributed by atoms with Crippen LogP contribution in [0.15, 0.2) is 0 Å². The Morgan fingerprint density at radius 1 is 1.43 bits per heavy atom. The molecule has 4 heteroatoms. The predicted octanol–water partition coefficient (Wildman–Crippen LogP) is 0.950. The van der Waals surface area contributed by atoms with E-state index in [1.54, 1.807) is 11.8 Å². The Balaban J connectivity index is 2.55. The van der Waals surface area contributed by atoms with Crippen molar-refractivity contribution in [2.24, 2.45) is 0 Å². The van der Waals surface area contributed by atoms with E-state index in [0.29, 0.717) is 6.54 Å². The molecule has 0 saturated carbocycles. The summed E-state index contributed by atoms with van der Waals surface area (Å²) in [5, 5.41) is 0. The second kappa shape index (κ2) is 4.98. The van der Waals surface area contributed by atoms with E-state index in [1.165, 1.54) is 0 Å². The van der Waals surface area contributed by atoms with Crippen LogP contribution in [-0.2, 0) is 14.3 Å². The number of carbonyl (C=O) groups is 2. The first-order valence-corrected chi connectivity index (χ1v) is 5.18. The molecule has 0 spiro atoms. The molecule has 0 bridgehead atoms. The van der Waals surface area contributed by atoms with Gasteiger partial charge in [0, 0.05) is 12.6 Å². The number of esters is 1. The molecule has 1 saturated heterocycles. The first-order chi connectivity index (χ1) is 6.70. The number of rotatable bonds is 2. The number of amides is 1. The van der Waals surface area contributed by atoms with Gasteiger partial charge in [-0.15, -0.1) is 0 Å². The van der Waals surface area contributed by atoms with Gasteiger partial charge in [0.2, 0.25) is 0 Å². The number of hydrogen-bond acceptors (Lipinski definition) is 3. The van der Waals surface area contributed by atoms with Crippen LogP contribution >= 0.6 is 0 Å². The van der Waals surface area contributed by atoms with Crippen LogP contribution in [-0.4, -0.2) is 36.0 Å². The molecule has 0 aromatic carbocycles. The van der Waals surface area contributed by atoms with Gasteiger partial charge in [0.05, 0.1) is 6.61 Å². The Bertz CT molecular complexity index is 227. The first-order valence-electron chi connectivity index (χ1n) is 5.18. The van der Waals surface area contributed by atoms with Crippen molar-refractivity contribution in [3.8, 4) is 0 Å². The van der Waals surface area contributed by atoms with Crippen molar-refractivity contribution < 1.29 is 14.3 Å². The van der Waals surface area contributed by atoms with Crippen LogP contribution < -0.4 is 0 Å². The van der Waals surface area contributed by atoms with Gasteiger partial charge >= 0.3 is 11.9 Å². The number of ether oxygens (including phenoxy) is 1. The smallest absolute Gasteiger partial charge is 0.397 e. The van der Waals surface area contributed by atoms with Gasteiger partial charge in [0.1, 0.15) is 0 Å². The summed E-state index contributed by atoms with van der Waals surface area (Å²) in [7, 11) is 0. The molecule has 0 N–H and O–H groups in total. The third-order valence-electron chi connectivity index (χ3n) is 2.56. The second-order valence-corrected chi connectivity index (χ2v) is 3.42. The van der Waals surface area contributed by atoms with Crippen LogP contribution in [0, 0.1) is 0 Å². The van der Waals surface area contributed by atoms with Crippen LogP contribution in [0.2, 0.25) is 0 Å². The molecule has 1 aliphatic heterocycles. The Labute approximate surface area is 84.2 Å². The van der Waals surface area contributed by atoms with Crippen LogP contribution in [0.5, 0.6) is 0 Å². The number of hydrogen-bond donors (Lipinski definition) is 0. The molecule has 1 heterocycles. The number of carbonyl (C=O) groups excluding carboxylic acids is 2. The molecular weight excluding hydrogens is 182 g/mol. The van der Waals surface area contributed by atoms with E-state index in [0.717, 1.165) is 19.3 Å². The van der Waals surface area contributed by atoms with Crippen molar-refractivity contribution in [2.75, 3.05) is 13.2 Å². The molecule has 0 aromatic rings. The molecule has 1 unspecified atom stereocenters. The van der Waals surface area contributed by atoms with E-state index in [9.17, 15) is 9.59 Å². The molecule has 0 aromatic heterocycles. The minimum atomic E-state index is -0.715. The van der Waals surface area contributed by atoms with E-state index in [-0.39, 0.29) is 12.6 Å². The van der Waals surface area contributed by atoms with Crippen molar-refractivity contribution in [3.63, 3.8) is 0 Å². The molecule has 1 fully saturated rings. The molecule has 1 rings (SSSR count).